The molecule has 1 amide bonds. The molecule has 0 aliphatic carbocycles. The van der Waals surface area contributed by atoms with Gasteiger partial charge in [0, 0.05) is 31.7 Å². The molecule has 0 spiro atoms. The predicted octanol–water partition coefficient (Wildman–Crippen LogP) is 3.05. The molecule has 128 valence electrons. The maximum atomic E-state index is 12.4. The van der Waals surface area contributed by atoms with Crippen molar-refractivity contribution in [3.8, 4) is 0 Å². The topological polar surface area (TPSA) is 65.7 Å². The van der Waals surface area contributed by atoms with Gasteiger partial charge in [0.1, 0.15) is 5.76 Å². The van der Waals surface area contributed by atoms with Crippen LogP contribution in [0.2, 0.25) is 0 Å². The van der Waals surface area contributed by atoms with E-state index in [0.717, 1.165) is 55.9 Å². The highest BCUT2D eigenvalue weighted by Crippen LogP contribution is 2.21. The van der Waals surface area contributed by atoms with Crippen LogP contribution in [0.3, 0.4) is 0 Å². The molecule has 5 nitrogen and oxygen atoms in total. The molecule has 1 aromatic carbocycles. The normalized spacial score (nSPS) is 16.2. The molecule has 0 radical (unpaired) electrons. The second-order valence-electron chi connectivity index (χ2n) is 6.24. The van der Waals surface area contributed by atoms with Gasteiger partial charge in [-0.25, -0.2) is 0 Å². The van der Waals surface area contributed by atoms with Crippen LogP contribution in [0, 0.1) is 0 Å². The minimum Gasteiger partial charge on any atom is -0.456 e. The van der Waals surface area contributed by atoms with Gasteiger partial charge in [-0.05, 0) is 36.6 Å². The van der Waals surface area contributed by atoms with Crippen molar-refractivity contribution in [3.05, 3.63) is 53.5 Å². The van der Waals surface area contributed by atoms with Gasteiger partial charge in [-0.3, -0.25) is 9.69 Å². The number of likely N-dealkylation sites (tertiary alicyclic amines) is 1. The highest BCUT2D eigenvalue weighted by Gasteiger charge is 2.19. The van der Waals surface area contributed by atoms with Gasteiger partial charge < -0.3 is 14.8 Å². The number of hydrogen-bond acceptors (Lipinski definition) is 4. The third-order valence-corrected chi connectivity index (χ3v) is 4.45. The number of benzene rings is 1. The Morgan fingerprint density at radius 1 is 1.25 bits per heavy atom. The van der Waals surface area contributed by atoms with Crippen LogP contribution < -0.4 is 5.32 Å². The number of rotatable bonds is 5. The number of piperidine rings is 1. The van der Waals surface area contributed by atoms with Crippen LogP contribution in [-0.2, 0) is 13.0 Å². The molecule has 2 aromatic rings. The first-order chi connectivity index (χ1) is 11.7. The lowest BCUT2D eigenvalue weighted by atomic mass is 10.1. The van der Waals surface area contributed by atoms with Crippen molar-refractivity contribution in [1.29, 1.82) is 0 Å². The first kappa shape index (κ1) is 16.7. The number of aliphatic hydroxyl groups excluding tert-OH is 1. The van der Waals surface area contributed by atoms with Crippen LogP contribution in [-0.4, -0.2) is 35.1 Å². The minimum atomic E-state index is -0.226. The van der Waals surface area contributed by atoms with E-state index in [1.807, 2.05) is 37.3 Å². The summed E-state index contributed by atoms with van der Waals surface area (Å²) in [6, 6.07) is 11.4. The number of para-hydroxylation sites is 1. The van der Waals surface area contributed by atoms with E-state index in [1.54, 1.807) is 6.07 Å². The van der Waals surface area contributed by atoms with Gasteiger partial charge in [0.05, 0.1) is 6.10 Å². The predicted molar refractivity (Wildman–Crippen MR) is 93.0 cm³/mol. The molecule has 1 aliphatic rings. The summed E-state index contributed by atoms with van der Waals surface area (Å²) in [6.45, 7) is 4.51. The van der Waals surface area contributed by atoms with Crippen molar-refractivity contribution in [3.63, 3.8) is 0 Å². The third kappa shape index (κ3) is 4.04. The second-order valence-corrected chi connectivity index (χ2v) is 6.24. The van der Waals surface area contributed by atoms with Gasteiger partial charge in [-0.1, -0.05) is 25.1 Å². The molecular formula is C19H24N2O3. The van der Waals surface area contributed by atoms with Crippen molar-refractivity contribution in [2.75, 3.05) is 18.4 Å². The Bertz CT molecular complexity index is 687. The average molecular weight is 328 g/mol. The van der Waals surface area contributed by atoms with Crippen LogP contribution in [0.1, 0.15) is 41.6 Å². The molecule has 3 rings (SSSR count). The molecule has 24 heavy (non-hydrogen) atoms. The van der Waals surface area contributed by atoms with Gasteiger partial charge in [0.2, 0.25) is 0 Å². The monoisotopic (exact) mass is 328 g/mol. The highest BCUT2D eigenvalue weighted by molar-refractivity contribution is 6.02. The number of carbonyl (C=O) groups excluding carboxylic acids is 1. The molecule has 2 heterocycles. The molecule has 0 bridgehead atoms. The molecule has 2 N–H and O–H groups in total. The Morgan fingerprint density at radius 3 is 2.71 bits per heavy atom. The van der Waals surface area contributed by atoms with Gasteiger partial charge in [0.25, 0.3) is 5.91 Å². The summed E-state index contributed by atoms with van der Waals surface area (Å²) in [5.74, 6) is 0.916. The summed E-state index contributed by atoms with van der Waals surface area (Å²) < 4.78 is 5.52. The molecule has 1 aromatic heterocycles. The number of nitrogens with zero attached hydrogens (tertiary/aromatic N) is 1. The Morgan fingerprint density at radius 2 is 2.00 bits per heavy atom. The summed E-state index contributed by atoms with van der Waals surface area (Å²) >= 11 is 0. The van der Waals surface area contributed by atoms with Crippen molar-refractivity contribution >= 4 is 11.6 Å². The molecular weight excluding hydrogens is 304 g/mol. The zero-order valence-corrected chi connectivity index (χ0v) is 14.0. The first-order valence-corrected chi connectivity index (χ1v) is 8.54. The van der Waals surface area contributed by atoms with E-state index in [9.17, 15) is 9.90 Å². The van der Waals surface area contributed by atoms with Crippen molar-refractivity contribution in [2.24, 2.45) is 0 Å². The van der Waals surface area contributed by atoms with Crippen LogP contribution in [0.15, 0.2) is 40.8 Å². The largest absolute Gasteiger partial charge is 0.456 e. The SMILES string of the molecule is CCc1ccc(C(=O)Nc2ccccc2CN2CCC(O)CC2)o1. The zero-order chi connectivity index (χ0) is 16.9. The van der Waals surface area contributed by atoms with Gasteiger partial charge in [-0.15, -0.1) is 0 Å². The summed E-state index contributed by atoms with van der Waals surface area (Å²) in [7, 11) is 0. The van der Waals surface area contributed by atoms with Crippen LogP contribution in [0.4, 0.5) is 5.69 Å². The smallest absolute Gasteiger partial charge is 0.291 e. The number of furan rings is 1. The number of carbonyl (C=O) groups is 1. The molecule has 1 aliphatic heterocycles. The summed E-state index contributed by atoms with van der Waals surface area (Å²) in [4.78, 5) is 14.7. The first-order valence-electron chi connectivity index (χ1n) is 8.54. The fourth-order valence-electron chi connectivity index (χ4n) is 2.97. The summed E-state index contributed by atoms with van der Waals surface area (Å²) in [5, 5.41) is 12.6. The maximum Gasteiger partial charge on any atom is 0.291 e. The van der Waals surface area contributed by atoms with E-state index < -0.39 is 0 Å². The number of nitrogens with one attached hydrogen (secondary N) is 1. The molecule has 1 fully saturated rings. The van der Waals surface area contributed by atoms with E-state index >= 15 is 0 Å². The number of amides is 1. The Hall–Kier alpha value is -2.11. The van der Waals surface area contributed by atoms with Gasteiger partial charge in [0.15, 0.2) is 5.76 Å². The number of aryl methyl sites for hydroxylation is 1. The van der Waals surface area contributed by atoms with E-state index in [-0.39, 0.29) is 12.0 Å². The van der Waals surface area contributed by atoms with Crippen molar-refractivity contribution in [2.45, 2.75) is 38.8 Å². The molecule has 0 unspecified atom stereocenters. The lowest BCUT2D eigenvalue weighted by Crippen LogP contribution is -2.35. The molecule has 0 saturated carbocycles. The van der Waals surface area contributed by atoms with E-state index in [2.05, 4.69) is 10.2 Å². The number of anilines is 1. The summed E-state index contributed by atoms with van der Waals surface area (Å²) in [5.41, 5.74) is 1.88. The van der Waals surface area contributed by atoms with E-state index in [0.29, 0.717) is 5.76 Å². The fourth-order valence-corrected chi connectivity index (χ4v) is 2.97. The second kappa shape index (κ2) is 7.64. The summed E-state index contributed by atoms with van der Waals surface area (Å²) in [6.07, 6.45) is 2.20. The van der Waals surface area contributed by atoms with Crippen molar-refractivity contribution < 1.29 is 14.3 Å². The zero-order valence-electron chi connectivity index (χ0n) is 14.0. The van der Waals surface area contributed by atoms with E-state index in [4.69, 9.17) is 4.42 Å². The van der Waals surface area contributed by atoms with Crippen molar-refractivity contribution in [1.82, 2.24) is 4.90 Å². The quantitative estimate of drug-likeness (QED) is 0.885. The fraction of sp³-hybridized carbons (Fsp3) is 0.421. The Balaban J connectivity index is 1.68. The number of hydrogen-bond donors (Lipinski definition) is 2. The standard InChI is InChI=1S/C19H24N2O3/c1-2-16-7-8-18(24-16)19(23)20-17-6-4-3-5-14(17)13-21-11-9-15(22)10-12-21/h3-8,15,22H,2,9-13H2,1H3,(H,20,23). The minimum absolute atomic E-state index is 0.178. The van der Waals surface area contributed by atoms with Crippen LogP contribution in [0.5, 0.6) is 0 Å². The lowest BCUT2D eigenvalue weighted by Gasteiger charge is -2.30. The molecule has 1 saturated heterocycles. The highest BCUT2D eigenvalue weighted by atomic mass is 16.3. The van der Waals surface area contributed by atoms with Crippen LogP contribution >= 0.6 is 0 Å². The Kier molecular flexibility index (Phi) is 5.33. The van der Waals surface area contributed by atoms with E-state index in [1.165, 1.54) is 0 Å². The lowest BCUT2D eigenvalue weighted by molar-refractivity contribution is 0.0793. The van der Waals surface area contributed by atoms with Gasteiger partial charge >= 0.3 is 0 Å². The average Bonchev–Trinajstić information content (AvgIpc) is 3.08. The van der Waals surface area contributed by atoms with Gasteiger partial charge in [-0.2, -0.15) is 0 Å². The van der Waals surface area contributed by atoms with Crippen LogP contribution in [0.25, 0.3) is 0 Å². The third-order valence-electron chi connectivity index (χ3n) is 4.45. The molecule has 5 heteroatoms. The molecule has 0 atom stereocenters. The number of aliphatic hydroxyl groups is 1. The Labute approximate surface area is 142 Å². The maximum absolute atomic E-state index is 12.4.